The lowest BCUT2D eigenvalue weighted by Crippen LogP contribution is -2.49. The summed E-state index contributed by atoms with van der Waals surface area (Å²) in [6, 6.07) is 9.78. The van der Waals surface area contributed by atoms with E-state index in [1.54, 1.807) is 6.26 Å². The number of amides is 1. The second-order valence-corrected chi connectivity index (χ2v) is 6.60. The molecule has 4 rings (SSSR count). The number of ether oxygens (including phenoxy) is 2. The predicted octanol–water partition coefficient (Wildman–Crippen LogP) is 1.44. The Morgan fingerprint density at radius 1 is 1.04 bits per heavy atom. The number of fused-ring (bicyclic) bond motifs is 1. The smallest absolute Gasteiger partial charge is 0.234 e. The van der Waals surface area contributed by atoms with E-state index in [2.05, 4.69) is 27.2 Å². The molecule has 0 bridgehead atoms. The first-order chi connectivity index (χ1) is 12.8. The molecule has 7 nitrogen and oxygen atoms in total. The molecule has 0 radical (unpaired) electrons. The summed E-state index contributed by atoms with van der Waals surface area (Å²) in [5, 5.41) is 2.89. The molecule has 0 aliphatic carbocycles. The van der Waals surface area contributed by atoms with Gasteiger partial charge in [0.1, 0.15) is 5.76 Å². The van der Waals surface area contributed by atoms with Crippen molar-refractivity contribution in [2.24, 2.45) is 0 Å². The molecule has 0 spiro atoms. The highest BCUT2D eigenvalue weighted by molar-refractivity contribution is 5.77. The fourth-order valence-corrected chi connectivity index (χ4v) is 3.26. The number of nitrogens with one attached hydrogen (secondary N) is 1. The molecule has 1 fully saturated rings. The Morgan fingerprint density at radius 2 is 1.85 bits per heavy atom. The van der Waals surface area contributed by atoms with Crippen molar-refractivity contribution in [3.8, 4) is 11.5 Å². The maximum Gasteiger partial charge on any atom is 0.234 e. The third kappa shape index (κ3) is 4.17. The summed E-state index contributed by atoms with van der Waals surface area (Å²) in [6.45, 7) is 5.72. The van der Waals surface area contributed by atoms with E-state index in [1.165, 1.54) is 5.56 Å². The summed E-state index contributed by atoms with van der Waals surface area (Å²) in [7, 11) is 0. The summed E-state index contributed by atoms with van der Waals surface area (Å²) < 4.78 is 16.0. The highest BCUT2D eigenvalue weighted by atomic mass is 16.7. The fourth-order valence-electron chi connectivity index (χ4n) is 3.26. The first-order valence-electron chi connectivity index (χ1n) is 8.88. The minimum absolute atomic E-state index is 0.0330. The Bertz CT molecular complexity index is 739. The molecule has 138 valence electrons. The quantitative estimate of drug-likeness (QED) is 0.844. The molecule has 0 unspecified atom stereocenters. The lowest BCUT2D eigenvalue weighted by atomic mass is 10.1. The largest absolute Gasteiger partial charge is 0.467 e. The van der Waals surface area contributed by atoms with Gasteiger partial charge in [0.05, 0.1) is 19.4 Å². The van der Waals surface area contributed by atoms with Crippen LogP contribution in [0.3, 0.4) is 0 Å². The average Bonchev–Trinajstić information content (AvgIpc) is 3.33. The van der Waals surface area contributed by atoms with Gasteiger partial charge in [0, 0.05) is 32.7 Å². The van der Waals surface area contributed by atoms with Gasteiger partial charge in [0.15, 0.2) is 11.5 Å². The molecule has 1 amide bonds. The molecule has 7 heteroatoms. The second kappa shape index (κ2) is 7.80. The van der Waals surface area contributed by atoms with Crippen LogP contribution >= 0.6 is 0 Å². The van der Waals surface area contributed by atoms with Gasteiger partial charge in [-0.2, -0.15) is 0 Å². The van der Waals surface area contributed by atoms with Crippen molar-refractivity contribution in [1.82, 2.24) is 15.1 Å². The van der Waals surface area contributed by atoms with Gasteiger partial charge in [0.2, 0.25) is 12.7 Å². The van der Waals surface area contributed by atoms with Crippen LogP contribution < -0.4 is 14.8 Å². The van der Waals surface area contributed by atoms with Gasteiger partial charge in [-0.25, -0.2) is 0 Å². The summed E-state index contributed by atoms with van der Waals surface area (Å²) in [4.78, 5) is 16.6. The molecule has 2 aliphatic heterocycles. The number of rotatable bonds is 6. The molecule has 0 atom stereocenters. The normalized spacial score (nSPS) is 17.4. The summed E-state index contributed by atoms with van der Waals surface area (Å²) in [5.41, 5.74) is 1.22. The van der Waals surface area contributed by atoms with E-state index in [4.69, 9.17) is 13.9 Å². The van der Waals surface area contributed by atoms with Crippen LogP contribution in [-0.4, -0.2) is 55.2 Å². The number of benzene rings is 1. The van der Waals surface area contributed by atoms with E-state index in [-0.39, 0.29) is 5.91 Å². The number of carbonyl (C=O) groups is 1. The standard InChI is InChI=1S/C19H23N3O4/c23-19(20-11-16-2-1-9-24-16)13-22-7-5-21(6-8-22)12-15-3-4-17-18(10-15)26-14-25-17/h1-4,9-10H,5-8,11-14H2,(H,20,23). The molecule has 1 aromatic heterocycles. The maximum absolute atomic E-state index is 12.1. The highest BCUT2D eigenvalue weighted by Crippen LogP contribution is 2.32. The third-order valence-corrected chi connectivity index (χ3v) is 4.72. The Labute approximate surface area is 152 Å². The first kappa shape index (κ1) is 16.9. The van der Waals surface area contributed by atoms with Gasteiger partial charge in [0.25, 0.3) is 0 Å². The van der Waals surface area contributed by atoms with Crippen molar-refractivity contribution in [2.75, 3.05) is 39.5 Å². The zero-order chi connectivity index (χ0) is 17.8. The van der Waals surface area contributed by atoms with E-state index < -0.39 is 0 Å². The van der Waals surface area contributed by atoms with Crippen LogP contribution in [0.1, 0.15) is 11.3 Å². The van der Waals surface area contributed by atoms with Crippen molar-refractivity contribution < 1.29 is 18.7 Å². The van der Waals surface area contributed by atoms with E-state index in [9.17, 15) is 4.79 Å². The van der Waals surface area contributed by atoms with Gasteiger partial charge in [-0.05, 0) is 29.8 Å². The molecule has 1 aromatic carbocycles. The van der Waals surface area contributed by atoms with Crippen LogP contribution in [0, 0.1) is 0 Å². The van der Waals surface area contributed by atoms with Crippen LogP contribution in [0.5, 0.6) is 11.5 Å². The zero-order valence-electron chi connectivity index (χ0n) is 14.6. The first-order valence-corrected chi connectivity index (χ1v) is 8.88. The molecular formula is C19H23N3O4. The third-order valence-electron chi connectivity index (χ3n) is 4.72. The SMILES string of the molecule is O=C(CN1CCN(Cc2ccc3c(c2)OCO3)CC1)NCc1ccco1. The summed E-state index contributed by atoms with van der Waals surface area (Å²) in [5.74, 6) is 2.45. The van der Waals surface area contributed by atoms with Gasteiger partial charge in [-0.3, -0.25) is 14.6 Å². The Balaban J connectivity index is 1.19. The van der Waals surface area contributed by atoms with Crippen LogP contribution in [-0.2, 0) is 17.9 Å². The van der Waals surface area contributed by atoms with Crippen LogP contribution in [0.15, 0.2) is 41.0 Å². The Hall–Kier alpha value is -2.51. The van der Waals surface area contributed by atoms with E-state index >= 15 is 0 Å². The van der Waals surface area contributed by atoms with E-state index in [0.717, 1.165) is 50.0 Å². The molecule has 0 saturated carbocycles. The number of nitrogens with zero attached hydrogens (tertiary/aromatic N) is 2. The monoisotopic (exact) mass is 357 g/mol. The van der Waals surface area contributed by atoms with Crippen molar-refractivity contribution in [3.05, 3.63) is 47.9 Å². The topological polar surface area (TPSA) is 67.2 Å². The lowest BCUT2D eigenvalue weighted by molar-refractivity contribution is -0.122. The van der Waals surface area contributed by atoms with Gasteiger partial charge >= 0.3 is 0 Å². The van der Waals surface area contributed by atoms with Gasteiger partial charge in [-0.15, -0.1) is 0 Å². The number of carbonyl (C=O) groups excluding carboxylic acids is 1. The molecule has 3 heterocycles. The van der Waals surface area contributed by atoms with Crippen LogP contribution in [0.2, 0.25) is 0 Å². The minimum atomic E-state index is 0.0330. The molecule has 2 aliphatic rings. The van der Waals surface area contributed by atoms with Crippen molar-refractivity contribution in [3.63, 3.8) is 0 Å². The van der Waals surface area contributed by atoms with Gasteiger partial charge in [-0.1, -0.05) is 6.07 Å². The molecule has 2 aromatic rings. The van der Waals surface area contributed by atoms with Crippen molar-refractivity contribution in [1.29, 1.82) is 0 Å². The van der Waals surface area contributed by atoms with Crippen molar-refractivity contribution in [2.45, 2.75) is 13.1 Å². The zero-order valence-corrected chi connectivity index (χ0v) is 14.6. The van der Waals surface area contributed by atoms with E-state index in [1.807, 2.05) is 18.2 Å². The molecule has 1 N–H and O–H groups in total. The molecule has 1 saturated heterocycles. The summed E-state index contributed by atoms with van der Waals surface area (Å²) in [6.07, 6.45) is 1.61. The Morgan fingerprint density at radius 3 is 2.65 bits per heavy atom. The maximum atomic E-state index is 12.1. The summed E-state index contributed by atoms with van der Waals surface area (Å²) >= 11 is 0. The van der Waals surface area contributed by atoms with Crippen LogP contribution in [0.25, 0.3) is 0 Å². The fraction of sp³-hybridized carbons (Fsp3) is 0.421. The number of hydrogen-bond acceptors (Lipinski definition) is 6. The van der Waals surface area contributed by atoms with Gasteiger partial charge < -0.3 is 19.2 Å². The lowest BCUT2D eigenvalue weighted by Gasteiger charge is -2.34. The molecule has 26 heavy (non-hydrogen) atoms. The van der Waals surface area contributed by atoms with E-state index in [0.29, 0.717) is 19.9 Å². The predicted molar refractivity (Wildman–Crippen MR) is 94.8 cm³/mol. The molecular weight excluding hydrogens is 334 g/mol. The number of hydrogen-bond donors (Lipinski definition) is 1. The van der Waals surface area contributed by atoms with Crippen LogP contribution in [0.4, 0.5) is 0 Å². The number of furan rings is 1. The number of piperazine rings is 1. The Kier molecular flexibility index (Phi) is 5.08. The average molecular weight is 357 g/mol. The highest BCUT2D eigenvalue weighted by Gasteiger charge is 2.20. The van der Waals surface area contributed by atoms with Crippen molar-refractivity contribution >= 4 is 5.91 Å². The minimum Gasteiger partial charge on any atom is -0.467 e. The second-order valence-electron chi connectivity index (χ2n) is 6.60.